The minimum absolute atomic E-state index is 0.814. The summed E-state index contributed by atoms with van der Waals surface area (Å²) in [5.41, 5.74) is 2.36. The highest BCUT2D eigenvalue weighted by atomic mass is 15.2. The number of nitrogens with zero attached hydrogens (tertiary/aromatic N) is 3. The Morgan fingerprint density at radius 3 is 2.47 bits per heavy atom. The smallest absolute Gasteiger partial charge is 0.138 e. The molecule has 0 fully saturated rings. The van der Waals surface area contributed by atoms with E-state index in [1.54, 1.807) is 6.33 Å². The van der Waals surface area contributed by atoms with E-state index < -0.39 is 0 Å². The van der Waals surface area contributed by atoms with Crippen LogP contribution < -0.4 is 10.2 Å². The molecule has 0 unspecified atom stereocenters. The lowest BCUT2D eigenvalue weighted by Gasteiger charge is -2.18. The molecular formula is C13H16N4. The second kappa shape index (κ2) is 4.82. The zero-order valence-corrected chi connectivity index (χ0v) is 10.3. The Bertz CT molecular complexity index is 493. The summed E-state index contributed by atoms with van der Waals surface area (Å²) in [7, 11) is 3.84. The first-order valence-electron chi connectivity index (χ1n) is 5.51. The van der Waals surface area contributed by atoms with Gasteiger partial charge in [-0.3, -0.25) is 0 Å². The Labute approximate surface area is 101 Å². The monoisotopic (exact) mass is 228 g/mol. The van der Waals surface area contributed by atoms with E-state index in [4.69, 9.17) is 0 Å². The molecule has 0 saturated carbocycles. The van der Waals surface area contributed by atoms with Crippen molar-refractivity contribution in [1.82, 2.24) is 9.97 Å². The number of hydrogen-bond donors (Lipinski definition) is 1. The summed E-state index contributed by atoms with van der Waals surface area (Å²) < 4.78 is 0. The van der Waals surface area contributed by atoms with Crippen molar-refractivity contribution < 1.29 is 0 Å². The van der Waals surface area contributed by atoms with Crippen molar-refractivity contribution in [2.45, 2.75) is 6.92 Å². The highest BCUT2D eigenvalue weighted by Crippen LogP contribution is 2.22. The normalized spacial score (nSPS) is 10.1. The summed E-state index contributed by atoms with van der Waals surface area (Å²) in [5.74, 6) is 1.68. The molecule has 0 saturated heterocycles. The molecule has 4 heteroatoms. The van der Waals surface area contributed by atoms with Gasteiger partial charge in [-0.1, -0.05) is 17.7 Å². The van der Waals surface area contributed by atoms with Crippen LogP contribution in [0.3, 0.4) is 0 Å². The van der Waals surface area contributed by atoms with Crippen molar-refractivity contribution in [1.29, 1.82) is 0 Å². The molecule has 2 rings (SSSR count). The number of hydrogen-bond acceptors (Lipinski definition) is 4. The number of aryl methyl sites for hydroxylation is 1. The van der Waals surface area contributed by atoms with E-state index in [9.17, 15) is 0 Å². The number of rotatable bonds is 3. The molecule has 2 aromatic rings. The average molecular weight is 228 g/mol. The van der Waals surface area contributed by atoms with E-state index in [0.29, 0.717) is 0 Å². The van der Waals surface area contributed by atoms with Gasteiger partial charge in [0.15, 0.2) is 0 Å². The molecule has 17 heavy (non-hydrogen) atoms. The van der Waals surface area contributed by atoms with Gasteiger partial charge < -0.3 is 10.2 Å². The summed E-state index contributed by atoms with van der Waals surface area (Å²) in [5, 5.41) is 3.01. The van der Waals surface area contributed by atoms with Crippen molar-refractivity contribution in [2.75, 3.05) is 24.3 Å². The lowest BCUT2D eigenvalue weighted by atomic mass is 10.2. The van der Waals surface area contributed by atoms with Crippen LogP contribution in [0.2, 0.25) is 0 Å². The summed E-state index contributed by atoms with van der Waals surface area (Å²) in [6.45, 7) is 2.08. The molecule has 0 aliphatic carbocycles. The minimum Gasteiger partial charge on any atom is -0.373 e. The maximum Gasteiger partial charge on any atom is 0.138 e. The fraction of sp³-hybridized carbons (Fsp3) is 0.231. The zero-order valence-electron chi connectivity index (χ0n) is 10.3. The minimum atomic E-state index is 0.814. The van der Waals surface area contributed by atoms with E-state index in [-0.39, 0.29) is 0 Å². The lowest BCUT2D eigenvalue weighted by Crippen LogP contribution is -2.11. The van der Waals surface area contributed by atoms with Crippen molar-refractivity contribution >= 4 is 17.3 Å². The van der Waals surface area contributed by atoms with Crippen molar-refractivity contribution in [3.63, 3.8) is 0 Å². The van der Waals surface area contributed by atoms with E-state index in [0.717, 1.165) is 17.3 Å². The van der Waals surface area contributed by atoms with Crippen LogP contribution in [0.15, 0.2) is 36.7 Å². The first-order valence-corrected chi connectivity index (χ1v) is 5.51. The van der Waals surface area contributed by atoms with E-state index in [1.165, 1.54) is 5.56 Å². The third-order valence-corrected chi connectivity index (χ3v) is 2.67. The van der Waals surface area contributed by atoms with Gasteiger partial charge in [-0.2, -0.15) is 0 Å². The fourth-order valence-electron chi connectivity index (χ4n) is 1.57. The highest BCUT2D eigenvalue weighted by molar-refractivity contribution is 5.61. The SMILES string of the molecule is CNc1cc(N(C)c2ccc(C)cc2)ncn1. The van der Waals surface area contributed by atoms with Crippen LogP contribution in [-0.4, -0.2) is 24.1 Å². The lowest BCUT2D eigenvalue weighted by molar-refractivity contribution is 1.08. The van der Waals surface area contributed by atoms with Crippen LogP contribution in [0, 0.1) is 6.92 Å². The predicted octanol–water partition coefficient (Wildman–Crippen LogP) is 2.59. The van der Waals surface area contributed by atoms with E-state index in [1.807, 2.05) is 25.1 Å². The highest BCUT2D eigenvalue weighted by Gasteiger charge is 2.05. The third kappa shape index (κ3) is 2.53. The van der Waals surface area contributed by atoms with Gasteiger partial charge in [-0.25, -0.2) is 9.97 Å². The summed E-state index contributed by atoms with van der Waals surface area (Å²) in [6, 6.07) is 10.3. The fourth-order valence-corrected chi connectivity index (χ4v) is 1.57. The zero-order chi connectivity index (χ0) is 12.3. The first-order chi connectivity index (χ1) is 8.20. The van der Waals surface area contributed by atoms with Crippen LogP contribution >= 0.6 is 0 Å². The van der Waals surface area contributed by atoms with Crippen molar-refractivity contribution in [3.05, 3.63) is 42.2 Å². The van der Waals surface area contributed by atoms with Crippen molar-refractivity contribution in [3.8, 4) is 0 Å². The third-order valence-electron chi connectivity index (χ3n) is 2.67. The van der Waals surface area contributed by atoms with E-state index in [2.05, 4.69) is 46.5 Å². The van der Waals surface area contributed by atoms with Gasteiger partial charge in [-0.05, 0) is 19.1 Å². The maximum atomic E-state index is 4.26. The standard InChI is InChI=1S/C13H16N4/c1-10-4-6-11(7-5-10)17(3)13-8-12(14-2)15-9-16-13/h4-9H,1-3H3,(H,14,15,16). The molecule has 0 radical (unpaired) electrons. The summed E-state index contributed by atoms with van der Waals surface area (Å²) in [6.07, 6.45) is 1.56. The Morgan fingerprint density at radius 1 is 1.12 bits per heavy atom. The molecule has 1 N–H and O–H groups in total. The van der Waals surface area contributed by atoms with Gasteiger partial charge >= 0.3 is 0 Å². The van der Waals surface area contributed by atoms with Crippen LogP contribution in [0.5, 0.6) is 0 Å². The summed E-state index contributed by atoms with van der Waals surface area (Å²) >= 11 is 0. The molecule has 0 spiro atoms. The van der Waals surface area contributed by atoms with Gasteiger partial charge in [-0.15, -0.1) is 0 Å². The quantitative estimate of drug-likeness (QED) is 0.876. The Morgan fingerprint density at radius 2 is 1.82 bits per heavy atom. The first kappa shape index (κ1) is 11.4. The Hall–Kier alpha value is -2.10. The number of benzene rings is 1. The number of aromatic nitrogens is 2. The predicted molar refractivity (Wildman–Crippen MR) is 70.8 cm³/mol. The van der Waals surface area contributed by atoms with Crippen molar-refractivity contribution in [2.24, 2.45) is 0 Å². The van der Waals surface area contributed by atoms with Crippen LogP contribution in [0.1, 0.15) is 5.56 Å². The molecule has 0 aliphatic rings. The number of anilines is 3. The maximum absolute atomic E-state index is 4.26. The molecule has 0 amide bonds. The molecule has 0 atom stereocenters. The van der Waals surface area contributed by atoms with Gasteiger partial charge in [0.05, 0.1) is 0 Å². The molecule has 0 bridgehead atoms. The van der Waals surface area contributed by atoms with Gasteiger partial charge in [0.25, 0.3) is 0 Å². The largest absolute Gasteiger partial charge is 0.373 e. The molecule has 1 heterocycles. The Balaban J connectivity index is 2.29. The molecular weight excluding hydrogens is 212 g/mol. The van der Waals surface area contributed by atoms with Crippen LogP contribution in [0.4, 0.5) is 17.3 Å². The molecule has 4 nitrogen and oxygen atoms in total. The molecule has 88 valence electrons. The van der Waals surface area contributed by atoms with E-state index >= 15 is 0 Å². The Kier molecular flexibility index (Phi) is 3.23. The summed E-state index contributed by atoms with van der Waals surface area (Å²) in [4.78, 5) is 10.4. The second-order valence-corrected chi connectivity index (χ2v) is 3.91. The second-order valence-electron chi connectivity index (χ2n) is 3.91. The van der Waals surface area contributed by atoms with Crippen LogP contribution in [-0.2, 0) is 0 Å². The molecule has 0 aliphatic heterocycles. The van der Waals surface area contributed by atoms with Gasteiger partial charge in [0.1, 0.15) is 18.0 Å². The average Bonchev–Trinajstić information content (AvgIpc) is 2.39. The van der Waals surface area contributed by atoms with Gasteiger partial charge in [0, 0.05) is 25.8 Å². The number of nitrogens with one attached hydrogen (secondary N) is 1. The molecule has 1 aromatic heterocycles. The molecule has 1 aromatic carbocycles. The van der Waals surface area contributed by atoms with Gasteiger partial charge in [0.2, 0.25) is 0 Å². The topological polar surface area (TPSA) is 41.0 Å². The van der Waals surface area contributed by atoms with Crippen LogP contribution in [0.25, 0.3) is 0 Å².